The third-order valence-corrected chi connectivity index (χ3v) is 6.09. The average molecular weight is 391 g/mol. The summed E-state index contributed by atoms with van der Waals surface area (Å²) >= 11 is 0. The number of primary amides is 1. The summed E-state index contributed by atoms with van der Waals surface area (Å²) in [6, 6.07) is 9.82. The lowest BCUT2D eigenvalue weighted by Crippen LogP contribution is -2.60. The minimum Gasteiger partial charge on any atom is -0.443 e. The summed E-state index contributed by atoms with van der Waals surface area (Å²) in [6.07, 6.45) is 2.69. The van der Waals surface area contributed by atoms with Gasteiger partial charge in [-0.3, -0.25) is 0 Å². The summed E-state index contributed by atoms with van der Waals surface area (Å²) < 4.78 is 5.38. The number of aliphatic hydroxyl groups excluding tert-OH is 1. The molecule has 5 nitrogen and oxygen atoms in total. The Bertz CT molecular complexity index is 624. The molecule has 0 radical (unpaired) electrons. The van der Waals surface area contributed by atoms with Gasteiger partial charge in [0.05, 0.1) is 0 Å². The number of nitrogens with one attached hydrogen (secondary N) is 1. The van der Waals surface area contributed by atoms with Crippen LogP contribution in [0, 0.1) is 10.8 Å². The number of rotatable bonds is 7. The van der Waals surface area contributed by atoms with E-state index in [-0.39, 0.29) is 16.9 Å². The van der Waals surface area contributed by atoms with E-state index in [0.29, 0.717) is 12.5 Å². The molecule has 0 saturated heterocycles. The van der Waals surface area contributed by atoms with Crippen LogP contribution in [0.15, 0.2) is 30.3 Å². The number of hydrogen-bond donors (Lipinski definition) is 3. The summed E-state index contributed by atoms with van der Waals surface area (Å²) in [5.74, 6) is 0. The maximum atomic E-state index is 11.5. The predicted molar refractivity (Wildman–Crippen MR) is 113 cm³/mol. The highest BCUT2D eigenvalue weighted by Crippen LogP contribution is 2.37. The van der Waals surface area contributed by atoms with E-state index in [4.69, 9.17) is 10.5 Å². The number of carbonyl (C=O) groups is 1. The molecular formula is C23H38N2O3. The Morgan fingerprint density at radius 2 is 1.93 bits per heavy atom. The van der Waals surface area contributed by atoms with Crippen LogP contribution in [-0.4, -0.2) is 35.5 Å². The van der Waals surface area contributed by atoms with Crippen molar-refractivity contribution in [3.05, 3.63) is 35.9 Å². The highest BCUT2D eigenvalue weighted by molar-refractivity contribution is 5.64. The van der Waals surface area contributed by atoms with Gasteiger partial charge in [0, 0.05) is 18.5 Å². The van der Waals surface area contributed by atoms with Gasteiger partial charge in [0.2, 0.25) is 0 Å². The highest BCUT2D eigenvalue weighted by atomic mass is 16.6. The van der Waals surface area contributed by atoms with Gasteiger partial charge in [0.15, 0.2) is 0 Å². The molecule has 0 aliphatic heterocycles. The number of ether oxygens (including phenoxy) is 1. The van der Waals surface area contributed by atoms with Crippen molar-refractivity contribution in [2.24, 2.45) is 16.6 Å². The van der Waals surface area contributed by atoms with Crippen LogP contribution in [0.2, 0.25) is 0 Å². The minimum atomic E-state index is -0.870. The van der Waals surface area contributed by atoms with Gasteiger partial charge in [-0.2, -0.15) is 0 Å². The molecule has 1 amide bonds. The molecule has 2 rings (SSSR count). The van der Waals surface area contributed by atoms with Crippen LogP contribution in [0.4, 0.5) is 4.79 Å². The standard InChI is InChI=1S/C23H38N2O3/c1-22(2,3)20(25-18-13-9-10-14-23(18,4)5)19(26)17(28-21(24)27)15-16-11-7-6-8-12-16/h6-8,11-12,17-20,25-26H,9-10,13-15H2,1-5H3,(H2,24,27)/t17-,18?,19+,20?/m0/s1. The minimum absolute atomic E-state index is 0.168. The van der Waals surface area contributed by atoms with Crippen molar-refractivity contribution in [2.45, 2.75) is 91.0 Å². The number of amides is 1. The fourth-order valence-corrected chi connectivity index (χ4v) is 4.32. The van der Waals surface area contributed by atoms with Gasteiger partial charge < -0.3 is 20.9 Å². The summed E-state index contributed by atoms with van der Waals surface area (Å²) in [4.78, 5) is 11.5. The van der Waals surface area contributed by atoms with Crippen molar-refractivity contribution >= 4 is 6.09 Å². The second-order valence-corrected chi connectivity index (χ2v) is 9.95. The maximum Gasteiger partial charge on any atom is 0.404 e. The normalized spacial score (nSPS) is 22.9. The Morgan fingerprint density at radius 3 is 2.46 bits per heavy atom. The molecule has 0 heterocycles. The van der Waals surface area contributed by atoms with Crippen LogP contribution in [0.5, 0.6) is 0 Å². The zero-order valence-corrected chi connectivity index (χ0v) is 18.1. The molecular weight excluding hydrogens is 352 g/mol. The van der Waals surface area contributed by atoms with E-state index < -0.39 is 18.3 Å². The molecule has 4 N–H and O–H groups in total. The predicted octanol–water partition coefficient (Wildman–Crippen LogP) is 4.03. The van der Waals surface area contributed by atoms with Gasteiger partial charge in [-0.05, 0) is 29.2 Å². The molecule has 4 atom stereocenters. The van der Waals surface area contributed by atoms with Crippen molar-refractivity contribution < 1.29 is 14.6 Å². The molecule has 0 spiro atoms. The Kier molecular flexibility index (Phi) is 7.52. The van der Waals surface area contributed by atoms with Crippen molar-refractivity contribution in [2.75, 3.05) is 0 Å². The smallest absolute Gasteiger partial charge is 0.404 e. The van der Waals surface area contributed by atoms with E-state index in [1.807, 2.05) is 30.3 Å². The number of hydrogen-bond acceptors (Lipinski definition) is 4. The summed E-state index contributed by atoms with van der Waals surface area (Å²) in [6.45, 7) is 10.9. The Morgan fingerprint density at radius 1 is 1.29 bits per heavy atom. The van der Waals surface area contributed by atoms with Gasteiger partial charge in [-0.25, -0.2) is 4.79 Å². The molecule has 1 fully saturated rings. The van der Waals surface area contributed by atoms with E-state index in [2.05, 4.69) is 39.9 Å². The molecule has 0 bridgehead atoms. The Balaban J connectivity index is 2.24. The lowest BCUT2D eigenvalue weighted by molar-refractivity contribution is -0.0442. The average Bonchev–Trinajstić information content (AvgIpc) is 2.59. The number of carbonyl (C=O) groups excluding carboxylic acids is 1. The van der Waals surface area contributed by atoms with Gasteiger partial charge in [-0.1, -0.05) is 77.8 Å². The van der Waals surface area contributed by atoms with Crippen LogP contribution in [0.1, 0.15) is 65.9 Å². The largest absolute Gasteiger partial charge is 0.443 e. The second-order valence-electron chi connectivity index (χ2n) is 9.95. The maximum absolute atomic E-state index is 11.5. The quantitative estimate of drug-likeness (QED) is 0.656. The van der Waals surface area contributed by atoms with Crippen molar-refractivity contribution in [1.29, 1.82) is 0 Å². The van der Waals surface area contributed by atoms with Gasteiger partial charge in [0.25, 0.3) is 0 Å². The van der Waals surface area contributed by atoms with Gasteiger partial charge in [-0.15, -0.1) is 0 Å². The van der Waals surface area contributed by atoms with E-state index in [9.17, 15) is 9.90 Å². The molecule has 5 heteroatoms. The fourth-order valence-electron chi connectivity index (χ4n) is 4.32. The monoisotopic (exact) mass is 390 g/mol. The first-order chi connectivity index (χ1) is 13.0. The van der Waals surface area contributed by atoms with E-state index in [0.717, 1.165) is 12.0 Å². The SMILES string of the molecule is CC(C)(C)C(NC1CCCCC1(C)C)[C@H](O)[C@H](Cc1ccccc1)OC(N)=O. The molecule has 1 aliphatic rings. The van der Waals surface area contributed by atoms with Gasteiger partial charge in [0.1, 0.15) is 12.2 Å². The van der Waals surface area contributed by atoms with Crippen molar-refractivity contribution in [3.8, 4) is 0 Å². The zero-order valence-electron chi connectivity index (χ0n) is 18.1. The molecule has 28 heavy (non-hydrogen) atoms. The number of aliphatic hydroxyl groups is 1. The first-order valence-electron chi connectivity index (χ1n) is 10.4. The number of benzene rings is 1. The van der Waals surface area contributed by atoms with Crippen LogP contribution < -0.4 is 11.1 Å². The van der Waals surface area contributed by atoms with Crippen molar-refractivity contribution in [1.82, 2.24) is 5.32 Å². The lowest BCUT2D eigenvalue weighted by atomic mass is 9.71. The van der Waals surface area contributed by atoms with E-state index in [1.54, 1.807) is 0 Å². The summed E-state index contributed by atoms with van der Waals surface area (Å²) in [5, 5.41) is 15.1. The molecule has 0 aromatic heterocycles. The molecule has 158 valence electrons. The van der Waals surface area contributed by atoms with Crippen molar-refractivity contribution in [3.63, 3.8) is 0 Å². The summed E-state index contributed by atoms with van der Waals surface area (Å²) in [5.41, 5.74) is 6.28. The summed E-state index contributed by atoms with van der Waals surface area (Å²) in [7, 11) is 0. The van der Waals surface area contributed by atoms with E-state index >= 15 is 0 Å². The number of nitrogens with two attached hydrogens (primary N) is 1. The third kappa shape index (κ3) is 6.21. The first-order valence-corrected chi connectivity index (χ1v) is 10.4. The van der Waals surface area contributed by atoms with Crippen LogP contribution >= 0.6 is 0 Å². The van der Waals surface area contributed by atoms with Crippen LogP contribution in [0.25, 0.3) is 0 Å². The van der Waals surface area contributed by atoms with Crippen LogP contribution in [0.3, 0.4) is 0 Å². The van der Waals surface area contributed by atoms with Crippen LogP contribution in [-0.2, 0) is 11.2 Å². The molecule has 1 aromatic rings. The first kappa shape index (κ1) is 22.7. The van der Waals surface area contributed by atoms with E-state index in [1.165, 1.54) is 19.3 Å². The lowest BCUT2D eigenvalue weighted by Gasteiger charge is -2.46. The molecule has 2 unspecified atom stereocenters. The molecule has 1 aliphatic carbocycles. The Hall–Kier alpha value is -1.59. The highest BCUT2D eigenvalue weighted by Gasteiger charge is 2.42. The third-order valence-electron chi connectivity index (χ3n) is 6.09. The van der Waals surface area contributed by atoms with Gasteiger partial charge >= 0.3 is 6.09 Å². The fraction of sp³-hybridized carbons (Fsp3) is 0.696. The molecule has 1 saturated carbocycles. The molecule has 1 aromatic carbocycles. The Labute approximate surface area is 170 Å². The topological polar surface area (TPSA) is 84.6 Å². The zero-order chi connectivity index (χ0) is 20.9. The second kappa shape index (κ2) is 9.27.